The van der Waals surface area contributed by atoms with E-state index in [1.54, 1.807) is 38.2 Å². The summed E-state index contributed by atoms with van der Waals surface area (Å²) in [6.45, 7) is 2.90. The van der Waals surface area contributed by atoms with E-state index in [0.717, 1.165) is 5.69 Å². The minimum atomic E-state index is -3.99. The first-order valence-electron chi connectivity index (χ1n) is 9.47. The Morgan fingerprint density at radius 1 is 1.12 bits per heavy atom. The smallest absolute Gasteiger partial charge is 0.341 e. The van der Waals surface area contributed by atoms with Crippen molar-refractivity contribution in [3.8, 4) is 11.5 Å². The van der Waals surface area contributed by atoms with Gasteiger partial charge in [0.25, 0.3) is 10.0 Å². The van der Waals surface area contributed by atoms with E-state index < -0.39 is 22.6 Å². The van der Waals surface area contributed by atoms with E-state index in [9.17, 15) is 13.2 Å². The minimum absolute atomic E-state index is 0.0323. The molecule has 0 bridgehead atoms. The van der Waals surface area contributed by atoms with Crippen LogP contribution in [0.1, 0.15) is 16.8 Å². The number of nitrogens with zero attached hydrogens (tertiary/aromatic N) is 1. The lowest BCUT2D eigenvalue weighted by Crippen LogP contribution is -2.16. The van der Waals surface area contributed by atoms with Crippen LogP contribution in [0.4, 0.5) is 5.69 Å². The van der Waals surface area contributed by atoms with E-state index in [2.05, 4.69) is 9.71 Å². The molecule has 2 aromatic carbocycles. The topological polar surface area (TPSA) is 115 Å². The van der Waals surface area contributed by atoms with E-state index in [1.165, 1.54) is 18.2 Å². The van der Waals surface area contributed by atoms with Gasteiger partial charge in [0.15, 0.2) is 6.61 Å². The summed E-state index contributed by atoms with van der Waals surface area (Å²) in [6, 6.07) is 13.0. The molecule has 32 heavy (non-hydrogen) atoms. The molecular formula is C22H21ClN2O6S. The van der Waals surface area contributed by atoms with Crippen molar-refractivity contribution in [2.24, 2.45) is 0 Å². The van der Waals surface area contributed by atoms with Crippen LogP contribution in [0, 0.1) is 13.8 Å². The van der Waals surface area contributed by atoms with Crippen molar-refractivity contribution in [2.75, 3.05) is 11.3 Å². The van der Waals surface area contributed by atoms with Gasteiger partial charge in [-0.2, -0.15) is 0 Å². The highest BCUT2D eigenvalue weighted by atomic mass is 35.5. The molecule has 0 saturated heterocycles. The minimum Gasteiger partial charge on any atom is -0.486 e. The summed E-state index contributed by atoms with van der Waals surface area (Å²) in [5.74, 6) is -0.558. The SMILES string of the molecule is Cc1ccc(S(=O)(=O)Nc2ccc(OCc3ccccn3)c(Cl)c2)c(C)c1OCC(=O)O. The van der Waals surface area contributed by atoms with Crippen LogP contribution in [0.15, 0.2) is 59.6 Å². The average molecular weight is 477 g/mol. The molecule has 1 aromatic heterocycles. The molecule has 0 spiro atoms. The van der Waals surface area contributed by atoms with Gasteiger partial charge in [-0.1, -0.05) is 23.7 Å². The molecule has 0 amide bonds. The van der Waals surface area contributed by atoms with Gasteiger partial charge < -0.3 is 14.6 Å². The van der Waals surface area contributed by atoms with E-state index in [0.29, 0.717) is 16.9 Å². The first-order valence-corrected chi connectivity index (χ1v) is 11.3. The van der Waals surface area contributed by atoms with Crippen LogP contribution < -0.4 is 14.2 Å². The first kappa shape index (κ1) is 23.4. The number of hydrogen-bond acceptors (Lipinski definition) is 6. The largest absolute Gasteiger partial charge is 0.486 e. The van der Waals surface area contributed by atoms with Gasteiger partial charge in [0, 0.05) is 11.8 Å². The van der Waals surface area contributed by atoms with Crippen molar-refractivity contribution < 1.29 is 27.8 Å². The number of anilines is 1. The van der Waals surface area contributed by atoms with Gasteiger partial charge in [-0.3, -0.25) is 9.71 Å². The fraction of sp³-hybridized carbons (Fsp3) is 0.182. The Morgan fingerprint density at radius 2 is 1.91 bits per heavy atom. The second-order valence-corrected chi connectivity index (χ2v) is 8.94. The zero-order valence-corrected chi connectivity index (χ0v) is 18.9. The van der Waals surface area contributed by atoms with Crippen LogP contribution in [-0.2, 0) is 21.4 Å². The maximum Gasteiger partial charge on any atom is 0.341 e. The van der Waals surface area contributed by atoms with Gasteiger partial charge in [-0.05, 0) is 55.8 Å². The van der Waals surface area contributed by atoms with Crippen LogP contribution >= 0.6 is 11.6 Å². The first-order chi connectivity index (χ1) is 15.2. The molecule has 0 saturated carbocycles. The standard InChI is InChI=1S/C22H21ClN2O6S/c1-14-6-9-20(15(2)22(14)31-13-21(26)27)32(28,29)25-16-7-8-19(18(23)11-16)30-12-17-5-3-4-10-24-17/h3-11,25H,12-13H2,1-2H3,(H,26,27). The number of ether oxygens (including phenoxy) is 2. The van der Waals surface area contributed by atoms with Gasteiger partial charge in [0.2, 0.25) is 0 Å². The summed E-state index contributed by atoms with van der Waals surface area (Å²) < 4.78 is 39.3. The third-order valence-electron chi connectivity index (χ3n) is 4.47. The number of hydrogen-bond donors (Lipinski definition) is 2. The van der Waals surface area contributed by atoms with E-state index >= 15 is 0 Å². The summed E-state index contributed by atoms with van der Waals surface area (Å²) in [5, 5.41) is 9.08. The number of rotatable bonds is 9. The summed E-state index contributed by atoms with van der Waals surface area (Å²) >= 11 is 6.26. The normalized spacial score (nSPS) is 11.1. The summed E-state index contributed by atoms with van der Waals surface area (Å²) in [5.41, 5.74) is 1.90. The third kappa shape index (κ3) is 5.68. The Balaban J connectivity index is 1.78. The van der Waals surface area contributed by atoms with Gasteiger partial charge in [-0.15, -0.1) is 0 Å². The quantitative estimate of drug-likeness (QED) is 0.475. The zero-order valence-electron chi connectivity index (χ0n) is 17.3. The highest BCUT2D eigenvalue weighted by Gasteiger charge is 2.21. The highest BCUT2D eigenvalue weighted by Crippen LogP contribution is 2.32. The molecule has 0 fully saturated rings. The Hall–Kier alpha value is -3.30. The van der Waals surface area contributed by atoms with Crippen LogP contribution in [0.2, 0.25) is 5.02 Å². The predicted octanol–water partition coefficient (Wildman–Crippen LogP) is 4.20. The third-order valence-corrected chi connectivity index (χ3v) is 6.29. The van der Waals surface area contributed by atoms with Crippen molar-refractivity contribution in [1.29, 1.82) is 0 Å². The molecule has 0 unspecified atom stereocenters. The number of carboxylic acid groups (broad SMARTS) is 1. The number of carbonyl (C=O) groups is 1. The maximum absolute atomic E-state index is 13.0. The summed E-state index contributed by atoms with van der Waals surface area (Å²) in [7, 11) is -3.99. The molecule has 0 aliphatic carbocycles. The number of aromatic nitrogens is 1. The van der Waals surface area contributed by atoms with E-state index in [1.807, 2.05) is 12.1 Å². The molecule has 3 rings (SSSR count). The Labute approximate surface area is 190 Å². The predicted molar refractivity (Wildman–Crippen MR) is 120 cm³/mol. The molecule has 0 aliphatic rings. The Kier molecular flexibility index (Phi) is 7.22. The molecule has 0 atom stereocenters. The second kappa shape index (κ2) is 9.88. The number of aryl methyl sites for hydroxylation is 1. The fourth-order valence-corrected chi connectivity index (χ4v) is 4.51. The monoisotopic (exact) mass is 476 g/mol. The molecule has 3 aromatic rings. The fourth-order valence-electron chi connectivity index (χ4n) is 2.98. The highest BCUT2D eigenvalue weighted by molar-refractivity contribution is 7.92. The van der Waals surface area contributed by atoms with Crippen LogP contribution in [0.3, 0.4) is 0 Å². The van der Waals surface area contributed by atoms with Crippen LogP contribution in [0.5, 0.6) is 11.5 Å². The van der Waals surface area contributed by atoms with Gasteiger partial charge in [0.05, 0.1) is 21.3 Å². The summed E-state index contributed by atoms with van der Waals surface area (Å²) in [6.07, 6.45) is 1.66. The number of benzene rings is 2. The van der Waals surface area contributed by atoms with Crippen molar-refractivity contribution in [3.05, 3.63) is 76.6 Å². The molecule has 0 radical (unpaired) electrons. The van der Waals surface area contributed by atoms with Crippen LogP contribution in [0.25, 0.3) is 0 Å². The van der Waals surface area contributed by atoms with Crippen molar-refractivity contribution in [1.82, 2.24) is 4.98 Å². The number of carboxylic acids is 1. The number of sulfonamides is 1. The number of pyridine rings is 1. The van der Waals surface area contributed by atoms with Gasteiger partial charge in [0.1, 0.15) is 18.1 Å². The van der Waals surface area contributed by atoms with E-state index in [4.69, 9.17) is 26.2 Å². The molecule has 8 nitrogen and oxygen atoms in total. The van der Waals surface area contributed by atoms with Crippen molar-refractivity contribution in [3.63, 3.8) is 0 Å². The maximum atomic E-state index is 13.0. The van der Waals surface area contributed by atoms with Crippen molar-refractivity contribution >= 4 is 33.3 Å². The van der Waals surface area contributed by atoms with E-state index in [-0.39, 0.29) is 28.0 Å². The van der Waals surface area contributed by atoms with Crippen LogP contribution in [-0.4, -0.2) is 31.1 Å². The van der Waals surface area contributed by atoms with Gasteiger partial charge in [-0.25, -0.2) is 13.2 Å². The molecular weight excluding hydrogens is 456 g/mol. The average Bonchev–Trinajstić information content (AvgIpc) is 2.73. The molecule has 168 valence electrons. The zero-order chi connectivity index (χ0) is 23.3. The number of aliphatic carboxylic acids is 1. The molecule has 1 heterocycles. The molecule has 2 N–H and O–H groups in total. The van der Waals surface area contributed by atoms with Crippen molar-refractivity contribution in [2.45, 2.75) is 25.3 Å². The number of nitrogens with one attached hydrogen (secondary N) is 1. The Morgan fingerprint density at radius 3 is 2.56 bits per heavy atom. The lowest BCUT2D eigenvalue weighted by Gasteiger charge is -2.16. The molecule has 0 aliphatic heterocycles. The number of halogens is 1. The lowest BCUT2D eigenvalue weighted by molar-refractivity contribution is -0.139. The van der Waals surface area contributed by atoms with Gasteiger partial charge >= 0.3 is 5.97 Å². The lowest BCUT2D eigenvalue weighted by atomic mass is 10.1. The Bertz CT molecular complexity index is 1230. The summed E-state index contributed by atoms with van der Waals surface area (Å²) in [4.78, 5) is 15.0. The molecule has 10 heteroatoms. The second-order valence-electron chi connectivity index (χ2n) is 6.88.